The lowest BCUT2D eigenvalue weighted by molar-refractivity contribution is -0.121. The number of imide groups is 1. The van der Waals surface area contributed by atoms with Gasteiger partial charge in [-0.3, -0.25) is 9.69 Å². The van der Waals surface area contributed by atoms with Crippen LogP contribution >= 0.6 is 22.6 Å². The molecule has 1 fully saturated rings. The molecule has 1 saturated heterocycles. The smallest absolute Gasteiger partial charge is 0.335 e. The largest absolute Gasteiger partial charge is 0.490 e. The standard InChI is InChI=1S/C21H19IN2O6/c1-3-29-17-10-13(9-16-19(25)24(2)21(28)23-16)8-15(22)18(17)30-11-12-5-4-6-14(7-12)20(26)27/h4-10H,3,11H2,1-2H3,(H,23,28)(H,26,27)/b16-9+. The molecule has 2 aromatic rings. The van der Waals surface area contributed by atoms with Crippen LogP contribution in [-0.4, -0.2) is 41.6 Å². The molecule has 0 unspecified atom stereocenters. The average Bonchev–Trinajstić information content (AvgIpc) is 2.94. The quantitative estimate of drug-likeness (QED) is 0.328. The van der Waals surface area contributed by atoms with Crippen LogP contribution in [0.2, 0.25) is 0 Å². The lowest BCUT2D eigenvalue weighted by Crippen LogP contribution is -2.25. The van der Waals surface area contributed by atoms with Gasteiger partial charge in [-0.15, -0.1) is 0 Å². The van der Waals surface area contributed by atoms with Crippen molar-refractivity contribution in [3.8, 4) is 11.5 Å². The van der Waals surface area contributed by atoms with Crippen molar-refractivity contribution in [2.24, 2.45) is 0 Å². The molecule has 1 aliphatic heterocycles. The number of likely N-dealkylation sites (N-methyl/N-ethyl adjacent to an activating group) is 1. The van der Waals surface area contributed by atoms with Crippen LogP contribution in [0, 0.1) is 3.57 Å². The number of halogens is 1. The molecule has 2 aromatic carbocycles. The van der Waals surface area contributed by atoms with Crippen molar-refractivity contribution in [1.29, 1.82) is 0 Å². The lowest BCUT2D eigenvalue weighted by atomic mass is 10.1. The van der Waals surface area contributed by atoms with Gasteiger partial charge in [0.25, 0.3) is 5.91 Å². The molecular formula is C21H19IN2O6. The summed E-state index contributed by atoms with van der Waals surface area (Å²) >= 11 is 2.10. The second-order valence-electron chi connectivity index (χ2n) is 6.41. The first-order chi connectivity index (χ1) is 14.3. The van der Waals surface area contributed by atoms with Crippen molar-refractivity contribution >= 4 is 46.6 Å². The summed E-state index contributed by atoms with van der Waals surface area (Å²) in [5.41, 5.74) is 1.75. The summed E-state index contributed by atoms with van der Waals surface area (Å²) in [5, 5.41) is 11.7. The number of hydrogen-bond donors (Lipinski definition) is 2. The molecule has 0 bridgehead atoms. The van der Waals surface area contributed by atoms with Gasteiger partial charge in [0.1, 0.15) is 12.3 Å². The van der Waals surface area contributed by atoms with Gasteiger partial charge < -0.3 is 19.9 Å². The van der Waals surface area contributed by atoms with Crippen LogP contribution in [0.15, 0.2) is 42.1 Å². The number of carboxylic acids is 1. The minimum Gasteiger partial charge on any atom is -0.490 e. The second kappa shape index (κ2) is 9.16. The number of hydrogen-bond acceptors (Lipinski definition) is 5. The Bertz CT molecular complexity index is 1050. The van der Waals surface area contributed by atoms with Crippen LogP contribution in [0.4, 0.5) is 4.79 Å². The Labute approximate surface area is 186 Å². The molecule has 3 amide bonds. The van der Waals surface area contributed by atoms with E-state index in [-0.39, 0.29) is 17.9 Å². The zero-order valence-corrected chi connectivity index (χ0v) is 18.4. The van der Waals surface area contributed by atoms with E-state index in [0.29, 0.717) is 29.2 Å². The molecule has 0 aliphatic carbocycles. The van der Waals surface area contributed by atoms with Crippen molar-refractivity contribution in [3.63, 3.8) is 0 Å². The number of aromatic carboxylic acids is 1. The van der Waals surface area contributed by atoms with E-state index < -0.39 is 17.9 Å². The summed E-state index contributed by atoms with van der Waals surface area (Å²) in [6, 6.07) is 9.56. The van der Waals surface area contributed by atoms with Gasteiger partial charge in [-0.25, -0.2) is 9.59 Å². The number of nitrogens with zero attached hydrogens (tertiary/aromatic N) is 1. The van der Waals surface area contributed by atoms with Crippen molar-refractivity contribution < 1.29 is 29.0 Å². The normalized spacial score (nSPS) is 14.8. The van der Waals surface area contributed by atoms with Crippen LogP contribution in [0.1, 0.15) is 28.4 Å². The fourth-order valence-electron chi connectivity index (χ4n) is 2.81. The van der Waals surface area contributed by atoms with Gasteiger partial charge in [-0.1, -0.05) is 12.1 Å². The molecular weight excluding hydrogens is 503 g/mol. The highest BCUT2D eigenvalue weighted by Crippen LogP contribution is 2.35. The third-order valence-corrected chi connectivity index (χ3v) is 5.08. The fourth-order valence-corrected chi connectivity index (χ4v) is 3.59. The predicted octanol–water partition coefficient (Wildman–Crippen LogP) is 3.49. The van der Waals surface area contributed by atoms with Crippen LogP contribution in [0.3, 0.4) is 0 Å². The van der Waals surface area contributed by atoms with Gasteiger partial charge in [-0.05, 0) is 71.0 Å². The molecule has 30 heavy (non-hydrogen) atoms. The number of benzene rings is 2. The second-order valence-corrected chi connectivity index (χ2v) is 7.57. The lowest BCUT2D eigenvalue weighted by Gasteiger charge is -2.15. The van der Waals surface area contributed by atoms with E-state index in [1.54, 1.807) is 36.4 Å². The molecule has 9 heteroatoms. The number of urea groups is 1. The molecule has 0 spiro atoms. The Morgan fingerprint density at radius 1 is 1.23 bits per heavy atom. The van der Waals surface area contributed by atoms with Gasteiger partial charge in [0, 0.05) is 7.05 Å². The molecule has 0 saturated carbocycles. The van der Waals surface area contributed by atoms with E-state index in [9.17, 15) is 14.4 Å². The number of nitrogens with one attached hydrogen (secondary N) is 1. The Morgan fingerprint density at radius 3 is 2.63 bits per heavy atom. The summed E-state index contributed by atoms with van der Waals surface area (Å²) in [6.07, 6.45) is 1.58. The number of carboxylic acid groups (broad SMARTS) is 1. The highest BCUT2D eigenvalue weighted by Gasteiger charge is 2.30. The molecule has 156 valence electrons. The molecule has 0 aromatic heterocycles. The van der Waals surface area contributed by atoms with Crippen molar-refractivity contribution in [2.75, 3.05) is 13.7 Å². The van der Waals surface area contributed by atoms with Gasteiger partial charge in [0.05, 0.1) is 15.7 Å². The van der Waals surface area contributed by atoms with Crippen LogP contribution in [0.5, 0.6) is 11.5 Å². The minimum absolute atomic E-state index is 0.164. The number of carbonyl (C=O) groups is 3. The van der Waals surface area contributed by atoms with Gasteiger partial charge in [0.2, 0.25) is 0 Å². The minimum atomic E-state index is -1.00. The summed E-state index contributed by atoms with van der Waals surface area (Å²) in [5.74, 6) is -0.417. The molecule has 2 N–H and O–H groups in total. The monoisotopic (exact) mass is 522 g/mol. The van der Waals surface area contributed by atoms with Crippen LogP contribution in [0.25, 0.3) is 6.08 Å². The van der Waals surface area contributed by atoms with Gasteiger partial charge in [-0.2, -0.15) is 0 Å². The van der Waals surface area contributed by atoms with Crippen molar-refractivity contribution in [2.45, 2.75) is 13.5 Å². The van der Waals surface area contributed by atoms with E-state index in [1.165, 1.54) is 13.1 Å². The average molecular weight is 522 g/mol. The summed E-state index contributed by atoms with van der Waals surface area (Å²) < 4.78 is 12.4. The fraction of sp³-hybridized carbons (Fsp3) is 0.190. The SMILES string of the molecule is CCOc1cc(/C=C2/NC(=O)N(C)C2=O)cc(I)c1OCc1cccc(C(=O)O)c1. The number of amides is 3. The molecule has 0 radical (unpaired) electrons. The van der Waals surface area contributed by atoms with Crippen molar-refractivity contribution in [3.05, 3.63) is 62.4 Å². The maximum Gasteiger partial charge on any atom is 0.335 e. The number of rotatable bonds is 7. The molecule has 0 atom stereocenters. The van der Waals surface area contributed by atoms with Gasteiger partial charge in [0.15, 0.2) is 11.5 Å². The summed E-state index contributed by atoms with van der Waals surface area (Å²) in [4.78, 5) is 35.9. The molecule has 3 rings (SSSR count). The summed E-state index contributed by atoms with van der Waals surface area (Å²) in [7, 11) is 1.41. The van der Waals surface area contributed by atoms with E-state index in [1.807, 2.05) is 6.92 Å². The van der Waals surface area contributed by atoms with Crippen LogP contribution in [-0.2, 0) is 11.4 Å². The Kier molecular flexibility index (Phi) is 6.60. The van der Waals surface area contributed by atoms with Gasteiger partial charge >= 0.3 is 12.0 Å². The third-order valence-electron chi connectivity index (χ3n) is 4.28. The third kappa shape index (κ3) is 4.73. The molecule has 1 heterocycles. The number of carbonyl (C=O) groups excluding carboxylic acids is 2. The Morgan fingerprint density at radius 2 is 2.00 bits per heavy atom. The van der Waals surface area contributed by atoms with Crippen molar-refractivity contribution in [1.82, 2.24) is 10.2 Å². The zero-order chi connectivity index (χ0) is 21.8. The van der Waals surface area contributed by atoms with E-state index in [4.69, 9.17) is 14.6 Å². The first-order valence-corrected chi connectivity index (χ1v) is 10.1. The first-order valence-electron chi connectivity index (χ1n) is 9.02. The maximum absolute atomic E-state index is 12.1. The predicted molar refractivity (Wildman–Crippen MR) is 117 cm³/mol. The molecule has 8 nitrogen and oxygen atoms in total. The highest BCUT2D eigenvalue weighted by molar-refractivity contribution is 14.1. The highest BCUT2D eigenvalue weighted by atomic mass is 127. The zero-order valence-electron chi connectivity index (χ0n) is 16.3. The Hall–Kier alpha value is -3.08. The van der Waals surface area contributed by atoms with E-state index in [0.717, 1.165) is 8.47 Å². The first kappa shape index (κ1) is 21.6. The maximum atomic E-state index is 12.1. The summed E-state index contributed by atoms with van der Waals surface area (Å²) in [6.45, 7) is 2.41. The van der Waals surface area contributed by atoms with E-state index >= 15 is 0 Å². The van der Waals surface area contributed by atoms with E-state index in [2.05, 4.69) is 27.9 Å². The van der Waals surface area contributed by atoms with Crippen LogP contribution < -0.4 is 14.8 Å². The molecule has 1 aliphatic rings. The Balaban J connectivity index is 1.87. The number of ether oxygens (including phenoxy) is 2. The topological polar surface area (TPSA) is 105 Å².